The van der Waals surface area contributed by atoms with E-state index in [-0.39, 0.29) is 5.91 Å². The van der Waals surface area contributed by atoms with Gasteiger partial charge in [-0.25, -0.2) is 0 Å². The summed E-state index contributed by atoms with van der Waals surface area (Å²) in [7, 11) is 0. The predicted octanol–water partition coefficient (Wildman–Crippen LogP) is 3.28. The molecule has 0 unspecified atom stereocenters. The monoisotopic (exact) mass is 221 g/mol. The van der Waals surface area contributed by atoms with Crippen LogP contribution in [0.2, 0.25) is 0 Å². The number of carbonyl (C=O) groups is 1. The maximum Gasteiger partial charge on any atom is 0.246 e. The zero-order chi connectivity index (χ0) is 11.4. The molecule has 1 fully saturated rings. The van der Waals surface area contributed by atoms with Gasteiger partial charge in [-0.3, -0.25) is 4.79 Å². The van der Waals surface area contributed by atoms with Crippen molar-refractivity contribution in [3.8, 4) is 0 Å². The first-order chi connectivity index (χ1) is 7.81. The Morgan fingerprint density at radius 2 is 2.25 bits per heavy atom. The van der Waals surface area contributed by atoms with Crippen molar-refractivity contribution in [3.05, 3.63) is 11.6 Å². The zero-order valence-electron chi connectivity index (χ0n) is 10.4. The van der Waals surface area contributed by atoms with E-state index in [2.05, 4.69) is 11.8 Å². The first kappa shape index (κ1) is 11.7. The molecule has 16 heavy (non-hydrogen) atoms. The van der Waals surface area contributed by atoms with Crippen LogP contribution in [0.15, 0.2) is 11.6 Å². The molecule has 0 bridgehead atoms. The van der Waals surface area contributed by atoms with Crippen LogP contribution in [0.5, 0.6) is 0 Å². The maximum atomic E-state index is 11.8. The highest BCUT2D eigenvalue weighted by molar-refractivity contribution is 5.89. The van der Waals surface area contributed by atoms with Crippen LogP contribution in [0, 0.1) is 0 Å². The third-order valence-electron chi connectivity index (χ3n) is 3.84. The summed E-state index contributed by atoms with van der Waals surface area (Å²) >= 11 is 0. The number of fused-ring (bicyclic) bond motifs is 1. The van der Waals surface area contributed by atoms with E-state index >= 15 is 0 Å². The van der Waals surface area contributed by atoms with Crippen LogP contribution >= 0.6 is 0 Å². The average Bonchev–Trinajstić information content (AvgIpc) is 2.73. The Bertz CT molecular complexity index is 282. The second-order valence-corrected chi connectivity index (χ2v) is 5.15. The molecule has 0 N–H and O–H groups in total. The van der Waals surface area contributed by atoms with Gasteiger partial charge in [-0.05, 0) is 32.1 Å². The Kier molecular flexibility index (Phi) is 4.03. The smallest absolute Gasteiger partial charge is 0.246 e. The lowest BCUT2D eigenvalue weighted by Gasteiger charge is -2.29. The average molecular weight is 221 g/mol. The fourth-order valence-corrected chi connectivity index (χ4v) is 2.91. The number of hydrogen-bond donors (Lipinski definition) is 0. The number of carbonyl (C=O) groups excluding carboxylic acids is 1. The van der Waals surface area contributed by atoms with Gasteiger partial charge >= 0.3 is 0 Å². The van der Waals surface area contributed by atoms with Crippen LogP contribution in [-0.2, 0) is 4.79 Å². The molecule has 0 aromatic carbocycles. The minimum absolute atomic E-state index is 0.277. The highest BCUT2D eigenvalue weighted by Crippen LogP contribution is 2.29. The topological polar surface area (TPSA) is 20.3 Å². The summed E-state index contributed by atoms with van der Waals surface area (Å²) in [5.74, 6) is 0.277. The van der Waals surface area contributed by atoms with Gasteiger partial charge in [0.2, 0.25) is 5.91 Å². The Labute approximate surface area is 98.7 Å². The third kappa shape index (κ3) is 2.66. The standard InChI is InChI=1S/C14H23NO/c1-2-3-4-5-7-12-10-13-8-6-9-15(13)14(16)11-12/h11,13H,2-10H2,1H3/t13-/m0/s1. The predicted molar refractivity (Wildman–Crippen MR) is 66.2 cm³/mol. The summed E-state index contributed by atoms with van der Waals surface area (Å²) in [6.45, 7) is 3.23. The Morgan fingerprint density at radius 1 is 1.38 bits per heavy atom. The first-order valence-corrected chi connectivity index (χ1v) is 6.81. The molecular weight excluding hydrogens is 198 g/mol. The van der Waals surface area contributed by atoms with Crippen molar-refractivity contribution in [1.82, 2.24) is 4.90 Å². The lowest BCUT2D eigenvalue weighted by atomic mass is 9.95. The molecule has 1 saturated heterocycles. The molecule has 0 aliphatic carbocycles. The van der Waals surface area contributed by atoms with Crippen molar-refractivity contribution < 1.29 is 4.79 Å². The SMILES string of the molecule is CCCCCCC1=CC(=O)N2CCC[C@H]2C1. The largest absolute Gasteiger partial charge is 0.336 e. The summed E-state index contributed by atoms with van der Waals surface area (Å²) in [6.07, 6.45) is 11.8. The van der Waals surface area contributed by atoms with Gasteiger partial charge in [-0.2, -0.15) is 0 Å². The molecule has 0 spiro atoms. The zero-order valence-corrected chi connectivity index (χ0v) is 10.4. The maximum absolute atomic E-state index is 11.8. The van der Waals surface area contributed by atoms with Crippen LogP contribution in [-0.4, -0.2) is 23.4 Å². The molecule has 0 radical (unpaired) electrons. The molecule has 2 aliphatic heterocycles. The highest BCUT2D eigenvalue weighted by Gasteiger charge is 2.31. The lowest BCUT2D eigenvalue weighted by molar-refractivity contribution is -0.127. The van der Waals surface area contributed by atoms with Gasteiger partial charge in [0.25, 0.3) is 0 Å². The molecule has 2 heterocycles. The van der Waals surface area contributed by atoms with E-state index in [0.29, 0.717) is 6.04 Å². The van der Waals surface area contributed by atoms with Crippen LogP contribution < -0.4 is 0 Å². The minimum Gasteiger partial charge on any atom is -0.336 e. The van der Waals surface area contributed by atoms with Crippen molar-refractivity contribution in [2.45, 2.75) is 64.3 Å². The fourth-order valence-electron chi connectivity index (χ4n) is 2.91. The van der Waals surface area contributed by atoms with Gasteiger partial charge in [-0.1, -0.05) is 31.8 Å². The molecule has 1 amide bonds. The third-order valence-corrected chi connectivity index (χ3v) is 3.84. The van der Waals surface area contributed by atoms with Crippen molar-refractivity contribution in [3.63, 3.8) is 0 Å². The minimum atomic E-state index is 0.277. The Balaban J connectivity index is 1.82. The summed E-state index contributed by atoms with van der Waals surface area (Å²) in [6, 6.07) is 0.540. The van der Waals surface area contributed by atoms with Crippen molar-refractivity contribution in [2.75, 3.05) is 6.54 Å². The van der Waals surface area contributed by atoms with E-state index in [0.717, 1.165) is 19.4 Å². The molecule has 90 valence electrons. The van der Waals surface area contributed by atoms with E-state index < -0.39 is 0 Å². The number of rotatable bonds is 5. The molecule has 1 atom stereocenters. The van der Waals surface area contributed by atoms with Crippen LogP contribution in [0.1, 0.15) is 58.3 Å². The van der Waals surface area contributed by atoms with E-state index in [4.69, 9.17) is 0 Å². The number of unbranched alkanes of at least 4 members (excludes halogenated alkanes) is 3. The Morgan fingerprint density at radius 3 is 3.06 bits per heavy atom. The van der Waals surface area contributed by atoms with E-state index in [1.807, 2.05) is 6.08 Å². The van der Waals surface area contributed by atoms with Crippen LogP contribution in [0.4, 0.5) is 0 Å². The summed E-state index contributed by atoms with van der Waals surface area (Å²) in [5, 5.41) is 0. The molecule has 2 heteroatoms. The van der Waals surface area contributed by atoms with Crippen molar-refractivity contribution in [2.24, 2.45) is 0 Å². The van der Waals surface area contributed by atoms with Gasteiger partial charge in [0.05, 0.1) is 0 Å². The number of amides is 1. The number of nitrogens with zero attached hydrogens (tertiary/aromatic N) is 1. The molecule has 0 saturated carbocycles. The van der Waals surface area contributed by atoms with Crippen molar-refractivity contribution >= 4 is 5.91 Å². The van der Waals surface area contributed by atoms with Crippen LogP contribution in [0.3, 0.4) is 0 Å². The molecule has 0 aromatic rings. The highest BCUT2D eigenvalue weighted by atomic mass is 16.2. The van der Waals surface area contributed by atoms with Gasteiger partial charge in [-0.15, -0.1) is 0 Å². The van der Waals surface area contributed by atoms with Gasteiger partial charge in [0, 0.05) is 18.7 Å². The Hall–Kier alpha value is -0.790. The van der Waals surface area contributed by atoms with Gasteiger partial charge in [0.1, 0.15) is 0 Å². The first-order valence-electron chi connectivity index (χ1n) is 6.81. The molecule has 2 aliphatic rings. The fraction of sp³-hybridized carbons (Fsp3) is 0.786. The van der Waals surface area contributed by atoms with E-state index in [1.165, 1.54) is 44.1 Å². The quantitative estimate of drug-likeness (QED) is 0.652. The molecule has 0 aromatic heterocycles. The summed E-state index contributed by atoms with van der Waals surface area (Å²) in [5.41, 5.74) is 1.41. The van der Waals surface area contributed by atoms with Crippen LogP contribution in [0.25, 0.3) is 0 Å². The second-order valence-electron chi connectivity index (χ2n) is 5.15. The summed E-state index contributed by atoms with van der Waals surface area (Å²) < 4.78 is 0. The van der Waals surface area contributed by atoms with E-state index in [1.54, 1.807) is 0 Å². The molecule has 2 rings (SSSR count). The van der Waals surface area contributed by atoms with Crippen molar-refractivity contribution in [1.29, 1.82) is 0 Å². The van der Waals surface area contributed by atoms with E-state index in [9.17, 15) is 4.79 Å². The lowest BCUT2D eigenvalue weighted by Crippen LogP contribution is -2.37. The van der Waals surface area contributed by atoms with Gasteiger partial charge < -0.3 is 4.90 Å². The molecule has 2 nitrogen and oxygen atoms in total. The molecular formula is C14H23NO. The second kappa shape index (κ2) is 5.51. The summed E-state index contributed by atoms with van der Waals surface area (Å²) in [4.78, 5) is 13.9. The normalized spacial score (nSPS) is 24.6. The van der Waals surface area contributed by atoms with Gasteiger partial charge in [0.15, 0.2) is 0 Å². The number of hydrogen-bond acceptors (Lipinski definition) is 1.